The Morgan fingerprint density at radius 1 is 1.09 bits per heavy atom. The van der Waals surface area contributed by atoms with Crippen LogP contribution in [0.5, 0.6) is 11.5 Å². The molecule has 2 heterocycles. The number of hydrogen-bond donors (Lipinski definition) is 1. The Morgan fingerprint density at radius 3 is 2.50 bits per heavy atom. The summed E-state index contributed by atoms with van der Waals surface area (Å²) < 4.78 is 34.8. The lowest BCUT2D eigenvalue weighted by molar-refractivity contribution is -0.114. The zero-order chi connectivity index (χ0) is 24.3. The van der Waals surface area contributed by atoms with Crippen LogP contribution in [0.3, 0.4) is 0 Å². The quantitative estimate of drug-likeness (QED) is 0.458. The minimum Gasteiger partial charge on any atom is -0.493 e. The first-order valence-corrected chi connectivity index (χ1v) is 13.0. The molecule has 0 bridgehead atoms. The van der Waals surface area contributed by atoms with Gasteiger partial charge in [-0.3, -0.25) is 10.2 Å². The highest BCUT2D eigenvalue weighted by Gasteiger charge is 2.38. The number of para-hydroxylation sites is 1. The Labute approximate surface area is 201 Å². The average molecular weight is 499 g/mol. The van der Waals surface area contributed by atoms with Gasteiger partial charge in [0.15, 0.2) is 5.84 Å². The topological polar surface area (TPSA) is 121 Å². The van der Waals surface area contributed by atoms with Gasteiger partial charge in [-0.2, -0.15) is 10.0 Å². The number of amidine groups is 2. The minimum atomic E-state index is -3.57. The summed E-state index contributed by atoms with van der Waals surface area (Å²) in [6, 6.07) is 14.9. The van der Waals surface area contributed by atoms with E-state index in [2.05, 4.69) is 10.1 Å². The fraction of sp³-hybridized carbons (Fsp3) is 0.217. The molecule has 2 aliphatic heterocycles. The first kappa shape index (κ1) is 23.7. The third-order valence-electron chi connectivity index (χ3n) is 4.85. The van der Waals surface area contributed by atoms with Gasteiger partial charge in [0.05, 0.1) is 18.8 Å². The Kier molecular flexibility index (Phi) is 6.85. The normalized spacial score (nSPS) is 16.9. The predicted molar refractivity (Wildman–Crippen MR) is 133 cm³/mol. The standard InChI is InChI=1S/C23H22N4O5S2/c1-15-6-3-4-7-19(15)32-13-5-12-31-17-10-8-16(9-11-17)14-18-20(24)27-22(25-21(18)28)33-23(26-27)34(2,29)30/h3-4,6-11,14,24H,5,12-13H2,1-2H3/b18-14-,24-20?. The maximum atomic E-state index is 12.4. The number of ether oxygens (including phenoxy) is 2. The Morgan fingerprint density at radius 2 is 1.79 bits per heavy atom. The van der Waals surface area contributed by atoms with Gasteiger partial charge in [-0.05, 0) is 54.1 Å². The molecule has 1 N–H and O–H groups in total. The highest BCUT2D eigenvalue weighted by atomic mass is 32.3. The van der Waals surface area contributed by atoms with Crippen molar-refractivity contribution in [3.8, 4) is 11.5 Å². The van der Waals surface area contributed by atoms with Gasteiger partial charge in [0.25, 0.3) is 5.91 Å². The zero-order valence-corrected chi connectivity index (χ0v) is 20.1. The van der Waals surface area contributed by atoms with Crippen molar-refractivity contribution >= 4 is 49.0 Å². The van der Waals surface area contributed by atoms with E-state index in [1.165, 1.54) is 6.08 Å². The molecule has 11 heteroatoms. The van der Waals surface area contributed by atoms with Gasteiger partial charge in [0.2, 0.25) is 19.4 Å². The lowest BCUT2D eigenvalue weighted by Gasteiger charge is -2.20. The van der Waals surface area contributed by atoms with Gasteiger partial charge in [-0.25, -0.2) is 8.42 Å². The molecule has 0 aliphatic carbocycles. The fourth-order valence-electron chi connectivity index (χ4n) is 3.10. The summed E-state index contributed by atoms with van der Waals surface area (Å²) in [5.41, 5.74) is 1.77. The van der Waals surface area contributed by atoms with E-state index in [9.17, 15) is 13.2 Å². The van der Waals surface area contributed by atoms with E-state index in [4.69, 9.17) is 14.9 Å². The molecule has 0 saturated carbocycles. The number of aliphatic imine (C=N–C) groups is 1. The van der Waals surface area contributed by atoms with Crippen LogP contribution in [-0.2, 0) is 14.6 Å². The number of hydrogen-bond acceptors (Lipinski definition) is 8. The molecule has 4 rings (SSSR count). The Hall–Kier alpha value is -3.44. The molecule has 2 aromatic carbocycles. The van der Waals surface area contributed by atoms with Crippen LogP contribution in [0, 0.1) is 12.3 Å². The van der Waals surface area contributed by atoms with Crippen molar-refractivity contribution in [3.63, 3.8) is 0 Å². The molecule has 1 amide bonds. The largest absolute Gasteiger partial charge is 0.493 e. The molecule has 0 atom stereocenters. The Bertz CT molecular complexity index is 1330. The molecule has 0 saturated heterocycles. The van der Waals surface area contributed by atoms with E-state index in [1.54, 1.807) is 24.3 Å². The minimum absolute atomic E-state index is 0.0184. The maximum absolute atomic E-state index is 12.4. The monoisotopic (exact) mass is 498 g/mol. The summed E-state index contributed by atoms with van der Waals surface area (Å²) in [6.07, 6.45) is 3.25. The predicted octanol–water partition coefficient (Wildman–Crippen LogP) is 3.46. The number of carbonyl (C=O) groups excluding carboxylic acids is 1. The summed E-state index contributed by atoms with van der Waals surface area (Å²) in [7, 11) is -3.57. The summed E-state index contributed by atoms with van der Waals surface area (Å²) in [5, 5.41) is 13.3. The van der Waals surface area contributed by atoms with Crippen LogP contribution in [0.1, 0.15) is 17.5 Å². The number of benzene rings is 2. The van der Waals surface area contributed by atoms with Gasteiger partial charge < -0.3 is 9.47 Å². The molecule has 9 nitrogen and oxygen atoms in total. The first-order valence-electron chi connectivity index (χ1n) is 10.3. The van der Waals surface area contributed by atoms with Crippen LogP contribution in [-0.4, -0.2) is 54.2 Å². The number of sulfone groups is 1. The maximum Gasteiger partial charge on any atom is 0.283 e. The van der Waals surface area contributed by atoms with Crippen molar-refractivity contribution in [2.45, 2.75) is 13.3 Å². The summed E-state index contributed by atoms with van der Waals surface area (Å²) in [4.78, 5) is 16.3. The van der Waals surface area contributed by atoms with E-state index in [-0.39, 0.29) is 21.0 Å². The van der Waals surface area contributed by atoms with Crippen molar-refractivity contribution in [2.24, 2.45) is 10.1 Å². The zero-order valence-electron chi connectivity index (χ0n) is 18.5. The smallest absolute Gasteiger partial charge is 0.283 e. The third-order valence-corrected chi connectivity index (χ3v) is 7.43. The van der Waals surface area contributed by atoms with Crippen LogP contribution in [0.2, 0.25) is 0 Å². The molecule has 0 aromatic heterocycles. The molecular formula is C23H22N4O5S2. The Balaban J connectivity index is 1.34. The second kappa shape index (κ2) is 9.82. The molecule has 2 aromatic rings. The van der Waals surface area contributed by atoms with Crippen molar-refractivity contribution in [1.29, 1.82) is 5.41 Å². The van der Waals surface area contributed by atoms with Crippen LogP contribution < -0.4 is 9.47 Å². The third kappa shape index (κ3) is 5.37. The van der Waals surface area contributed by atoms with E-state index < -0.39 is 15.7 Å². The lowest BCUT2D eigenvalue weighted by atomic mass is 10.1. The van der Waals surface area contributed by atoms with E-state index in [1.807, 2.05) is 31.2 Å². The van der Waals surface area contributed by atoms with Crippen molar-refractivity contribution in [1.82, 2.24) is 5.01 Å². The second-order valence-electron chi connectivity index (χ2n) is 7.54. The van der Waals surface area contributed by atoms with Gasteiger partial charge in [-0.15, -0.1) is 5.10 Å². The number of fused-ring (bicyclic) bond motifs is 1. The number of amides is 1. The summed E-state index contributed by atoms with van der Waals surface area (Å²) in [5.74, 6) is 0.685. The first-order chi connectivity index (χ1) is 16.2. The van der Waals surface area contributed by atoms with Crippen molar-refractivity contribution in [3.05, 3.63) is 65.2 Å². The molecule has 0 spiro atoms. The number of rotatable bonds is 7. The highest BCUT2D eigenvalue weighted by Crippen LogP contribution is 2.30. The molecule has 176 valence electrons. The number of aryl methyl sites for hydroxylation is 1. The molecule has 0 radical (unpaired) electrons. The molecule has 0 unspecified atom stereocenters. The lowest BCUT2D eigenvalue weighted by Crippen LogP contribution is -2.35. The van der Waals surface area contributed by atoms with Crippen LogP contribution in [0.15, 0.2) is 64.2 Å². The highest BCUT2D eigenvalue weighted by molar-refractivity contribution is 8.42. The van der Waals surface area contributed by atoms with Gasteiger partial charge in [0.1, 0.15) is 11.5 Å². The molecule has 0 fully saturated rings. The summed E-state index contributed by atoms with van der Waals surface area (Å²) in [6.45, 7) is 3.03. The SMILES string of the molecule is Cc1ccccc1OCCCOc1ccc(/C=C2/C(=N)N3N=C(S(C)(=O)=O)SC3=NC2=O)cc1. The van der Waals surface area contributed by atoms with Gasteiger partial charge in [-0.1, -0.05) is 30.3 Å². The van der Waals surface area contributed by atoms with Gasteiger partial charge >= 0.3 is 0 Å². The number of thioether (sulfide) groups is 1. The van der Waals surface area contributed by atoms with E-state index in [0.717, 1.165) is 40.8 Å². The molecule has 34 heavy (non-hydrogen) atoms. The second-order valence-corrected chi connectivity index (χ2v) is 10.7. The van der Waals surface area contributed by atoms with Gasteiger partial charge in [0, 0.05) is 12.7 Å². The number of hydrazone groups is 1. The van der Waals surface area contributed by atoms with Crippen LogP contribution >= 0.6 is 11.8 Å². The van der Waals surface area contributed by atoms with Crippen molar-refractivity contribution in [2.75, 3.05) is 19.5 Å². The van der Waals surface area contributed by atoms with E-state index >= 15 is 0 Å². The summed E-state index contributed by atoms with van der Waals surface area (Å²) >= 11 is 0.753. The molecular weight excluding hydrogens is 476 g/mol. The van der Waals surface area contributed by atoms with Crippen molar-refractivity contribution < 1.29 is 22.7 Å². The van der Waals surface area contributed by atoms with E-state index in [0.29, 0.717) is 24.5 Å². The van der Waals surface area contributed by atoms with Crippen LogP contribution in [0.25, 0.3) is 6.08 Å². The number of carbonyl (C=O) groups is 1. The molecule has 2 aliphatic rings. The average Bonchev–Trinajstić information content (AvgIpc) is 3.23. The number of nitrogens with one attached hydrogen (secondary N) is 1. The number of nitrogens with zero attached hydrogens (tertiary/aromatic N) is 3. The van der Waals surface area contributed by atoms with Crippen LogP contribution in [0.4, 0.5) is 0 Å². The fourth-order valence-corrected chi connectivity index (χ4v) is 4.79.